The molecule has 2 atom stereocenters. The number of ether oxygens (including phenoxy) is 1. The minimum absolute atomic E-state index is 0.346. The number of hydrogen-bond donors (Lipinski definition) is 1. The molecule has 0 aromatic heterocycles. The Bertz CT molecular complexity index is 364. The highest BCUT2D eigenvalue weighted by Gasteiger charge is 2.22. The Kier molecular flexibility index (Phi) is 3.95. The van der Waals surface area contributed by atoms with E-state index in [1.54, 1.807) is 6.07 Å². The molecule has 0 amide bonds. The molecular formula is C12H15Cl2NO. The number of benzene rings is 1. The Morgan fingerprint density at radius 2 is 2.25 bits per heavy atom. The van der Waals surface area contributed by atoms with Gasteiger partial charge in [0.05, 0.1) is 17.3 Å². The first-order valence-corrected chi connectivity index (χ1v) is 6.22. The van der Waals surface area contributed by atoms with Gasteiger partial charge in [-0.05, 0) is 31.5 Å². The monoisotopic (exact) mass is 259 g/mol. The van der Waals surface area contributed by atoms with Crippen LogP contribution in [0.15, 0.2) is 18.2 Å². The molecule has 1 saturated heterocycles. The van der Waals surface area contributed by atoms with Crippen molar-refractivity contribution in [2.24, 2.45) is 5.92 Å². The second kappa shape index (κ2) is 5.26. The first kappa shape index (κ1) is 12.0. The molecule has 2 nitrogen and oxygen atoms in total. The first-order valence-electron chi connectivity index (χ1n) is 5.46. The van der Waals surface area contributed by atoms with Gasteiger partial charge in [-0.25, -0.2) is 0 Å². The lowest BCUT2D eigenvalue weighted by atomic mass is 10.0. The van der Waals surface area contributed by atoms with Crippen molar-refractivity contribution in [3.05, 3.63) is 28.2 Å². The van der Waals surface area contributed by atoms with Crippen LogP contribution in [0.3, 0.4) is 0 Å². The minimum Gasteiger partial charge on any atom is -0.381 e. The number of nitrogens with one attached hydrogen (secondary N) is 1. The molecule has 1 aromatic rings. The van der Waals surface area contributed by atoms with Crippen molar-refractivity contribution in [3.63, 3.8) is 0 Å². The summed E-state index contributed by atoms with van der Waals surface area (Å²) in [6.45, 7) is 3.84. The van der Waals surface area contributed by atoms with Gasteiger partial charge in [-0.2, -0.15) is 0 Å². The predicted octanol–water partition coefficient (Wildman–Crippen LogP) is 3.83. The van der Waals surface area contributed by atoms with Crippen molar-refractivity contribution in [1.29, 1.82) is 0 Å². The number of hydrogen-bond acceptors (Lipinski definition) is 2. The van der Waals surface area contributed by atoms with Gasteiger partial charge in [0.1, 0.15) is 0 Å². The van der Waals surface area contributed by atoms with Crippen LogP contribution >= 0.6 is 23.2 Å². The first-order chi connectivity index (χ1) is 7.66. The summed E-state index contributed by atoms with van der Waals surface area (Å²) in [5.41, 5.74) is 0.897. The van der Waals surface area contributed by atoms with E-state index in [9.17, 15) is 0 Å². The standard InChI is InChI=1S/C12H15Cl2NO/c1-8(9-4-5-16-7-9)15-12-6-10(13)2-3-11(12)14/h2-3,6,8-9,15H,4-5,7H2,1H3. The van der Waals surface area contributed by atoms with Crippen LogP contribution < -0.4 is 5.32 Å². The van der Waals surface area contributed by atoms with Crippen molar-refractivity contribution in [2.45, 2.75) is 19.4 Å². The molecule has 16 heavy (non-hydrogen) atoms. The van der Waals surface area contributed by atoms with Crippen LogP contribution in [0.25, 0.3) is 0 Å². The summed E-state index contributed by atoms with van der Waals surface area (Å²) in [5, 5.41) is 4.80. The fourth-order valence-corrected chi connectivity index (χ4v) is 2.26. The Morgan fingerprint density at radius 3 is 2.94 bits per heavy atom. The topological polar surface area (TPSA) is 21.3 Å². The fraction of sp³-hybridized carbons (Fsp3) is 0.500. The highest BCUT2D eigenvalue weighted by Crippen LogP contribution is 2.28. The molecule has 1 aliphatic heterocycles. The van der Waals surface area contributed by atoms with Crippen LogP contribution in [0.1, 0.15) is 13.3 Å². The van der Waals surface area contributed by atoms with E-state index in [0.29, 0.717) is 22.0 Å². The zero-order chi connectivity index (χ0) is 11.5. The zero-order valence-electron chi connectivity index (χ0n) is 9.17. The van der Waals surface area contributed by atoms with E-state index >= 15 is 0 Å². The van der Waals surface area contributed by atoms with Crippen LogP contribution in [0, 0.1) is 5.92 Å². The minimum atomic E-state index is 0.346. The molecule has 0 aliphatic carbocycles. The molecule has 1 aromatic carbocycles. The van der Waals surface area contributed by atoms with Gasteiger partial charge in [0, 0.05) is 23.6 Å². The lowest BCUT2D eigenvalue weighted by Gasteiger charge is -2.21. The maximum absolute atomic E-state index is 6.09. The van der Waals surface area contributed by atoms with Gasteiger partial charge in [-0.1, -0.05) is 23.2 Å². The van der Waals surface area contributed by atoms with Gasteiger partial charge < -0.3 is 10.1 Å². The summed E-state index contributed by atoms with van der Waals surface area (Å²) < 4.78 is 5.37. The number of rotatable bonds is 3. The molecule has 0 bridgehead atoms. The van der Waals surface area contributed by atoms with Crippen LogP contribution in [-0.4, -0.2) is 19.3 Å². The molecule has 0 saturated carbocycles. The van der Waals surface area contributed by atoms with Gasteiger partial charge in [0.15, 0.2) is 0 Å². The van der Waals surface area contributed by atoms with E-state index in [2.05, 4.69) is 12.2 Å². The Balaban J connectivity index is 2.04. The van der Waals surface area contributed by atoms with E-state index < -0.39 is 0 Å². The normalized spacial score (nSPS) is 22.1. The van der Waals surface area contributed by atoms with Gasteiger partial charge in [-0.15, -0.1) is 0 Å². The Labute approximate surface area is 106 Å². The summed E-state index contributed by atoms with van der Waals surface area (Å²) in [5.74, 6) is 0.551. The molecule has 1 N–H and O–H groups in total. The largest absolute Gasteiger partial charge is 0.381 e. The van der Waals surface area contributed by atoms with Gasteiger partial charge in [0.2, 0.25) is 0 Å². The average molecular weight is 260 g/mol. The van der Waals surface area contributed by atoms with Crippen LogP contribution in [-0.2, 0) is 4.74 Å². The summed E-state index contributed by atoms with van der Waals surface area (Å²) in [7, 11) is 0. The smallest absolute Gasteiger partial charge is 0.0638 e. The van der Waals surface area contributed by atoms with Crippen molar-refractivity contribution in [2.75, 3.05) is 18.5 Å². The third-order valence-corrected chi connectivity index (χ3v) is 3.55. The second-order valence-electron chi connectivity index (χ2n) is 4.18. The van der Waals surface area contributed by atoms with Crippen LogP contribution in [0.5, 0.6) is 0 Å². The zero-order valence-corrected chi connectivity index (χ0v) is 10.7. The molecule has 1 aliphatic rings. The molecule has 4 heteroatoms. The van der Waals surface area contributed by atoms with Crippen molar-refractivity contribution < 1.29 is 4.74 Å². The van der Waals surface area contributed by atoms with E-state index in [1.165, 1.54) is 0 Å². The van der Waals surface area contributed by atoms with Crippen molar-refractivity contribution >= 4 is 28.9 Å². The second-order valence-corrected chi connectivity index (χ2v) is 5.02. The Morgan fingerprint density at radius 1 is 1.44 bits per heavy atom. The van der Waals surface area contributed by atoms with Crippen LogP contribution in [0.2, 0.25) is 10.0 Å². The molecule has 2 unspecified atom stereocenters. The predicted molar refractivity (Wildman–Crippen MR) is 68.5 cm³/mol. The van der Waals surface area contributed by atoms with Crippen LogP contribution in [0.4, 0.5) is 5.69 Å². The van der Waals surface area contributed by atoms with Crippen molar-refractivity contribution in [3.8, 4) is 0 Å². The van der Waals surface area contributed by atoms with Crippen molar-refractivity contribution in [1.82, 2.24) is 0 Å². The molecular weight excluding hydrogens is 245 g/mol. The van der Waals surface area contributed by atoms with E-state index in [1.807, 2.05) is 12.1 Å². The van der Waals surface area contributed by atoms with E-state index in [0.717, 1.165) is 25.3 Å². The summed E-state index contributed by atoms with van der Waals surface area (Å²) >= 11 is 12.0. The fourth-order valence-electron chi connectivity index (χ4n) is 1.92. The molecule has 2 rings (SSSR count). The highest BCUT2D eigenvalue weighted by atomic mass is 35.5. The highest BCUT2D eigenvalue weighted by molar-refractivity contribution is 6.35. The molecule has 88 valence electrons. The third-order valence-electron chi connectivity index (χ3n) is 2.98. The SMILES string of the molecule is CC(Nc1cc(Cl)ccc1Cl)C1CCOC1. The number of anilines is 1. The van der Waals surface area contributed by atoms with Gasteiger partial charge in [0.25, 0.3) is 0 Å². The van der Waals surface area contributed by atoms with E-state index in [4.69, 9.17) is 27.9 Å². The quantitative estimate of drug-likeness (QED) is 0.891. The lowest BCUT2D eigenvalue weighted by molar-refractivity contribution is 0.183. The summed E-state index contributed by atoms with van der Waals surface area (Å²) in [6.07, 6.45) is 1.10. The maximum atomic E-state index is 6.09. The number of halogens is 2. The van der Waals surface area contributed by atoms with Gasteiger partial charge >= 0.3 is 0 Å². The van der Waals surface area contributed by atoms with E-state index in [-0.39, 0.29) is 0 Å². The maximum Gasteiger partial charge on any atom is 0.0638 e. The molecule has 1 heterocycles. The summed E-state index contributed by atoms with van der Waals surface area (Å²) in [4.78, 5) is 0. The lowest BCUT2D eigenvalue weighted by Crippen LogP contribution is -2.26. The molecule has 0 spiro atoms. The van der Waals surface area contributed by atoms with Gasteiger partial charge in [-0.3, -0.25) is 0 Å². The Hall–Kier alpha value is -0.440. The molecule has 1 fully saturated rings. The summed E-state index contributed by atoms with van der Waals surface area (Å²) in [6, 6.07) is 5.80. The average Bonchev–Trinajstić information content (AvgIpc) is 2.76. The third kappa shape index (κ3) is 2.82. The molecule has 0 radical (unpaired) electrons.